The highest BCUT2D eigenvalue weighted by atomic mass is 35.5. The fourth-order valence-electron chi connectivity index (χ4n) is 1.87. The van der Waals surface area contributed by atoms with Crippen LogP contribution in [0.1, 0.15) is 15.9 Å². The number of rotatable bonds is 5. The first kappa shape index (κ1) is 16.9. The fourth-order valence-corrected chi connectivity index (χ4v) is 2.04. The zero-order valence-corrected chi connectivity index (χ0v) is 13.5. The number of nitrogens with one attached hydrogen (secondary N) is 2. The number of nitrogens with zero attached hydrogens (tertiary/aromatic N) is 1. The molecule has 120 valence electrons. The molecule has 7 heteroatoms. The van der Waals surface area contributed by atoms with Gasteiger partial charge in [-0.2, -0.15) is 0 Å². The number of carbonyl (C=O) groups is 2. The summed E-state index contributed by atoms with van der Waals surface area (Å²) < 4.78 is 4.74. The summed E-state index contributed by atoms with van der Waals surface area (Å²) in [6.07, 6.45) is 1.61. The van der Waals surface area contributed by atoms with Gasteiger partial charge in [0.1, 0.15) is 12.4 Å². The number of aryl methyl sites for hydroxylation is 1. The smallest absolute Gasteiger partial charge is 0.256 e. The summed E-state index contributed by atoms with van der Waals surface area (Å²) in [5, 5.41) is 5.61. The van der Waals surface area contributed by atoms with Gasteiger partial charge >= 0.3 is 0 Å². The highest BCUT2D eigenvalue weighted by Crippen LogP contribution is 2.23. The lowest BCUT2D eigenvalue weighted by Crippen LogP contribution is -2.18. The van der Waals surface area contributed by atoms with Gasteiger partial charge in [-0.25, -0.2) is 4.98 Å². The van der Waals surface area contributed by atoms with Crippen LogP contribution in [0.4, 0.5) is 11.5 Å². The molecule has 2 aromatic rings. The summed E-state index contributed by atoms with van der Waals surface area (Å²) >= 11 is 6.03. The van der Waals surface area contributed by atoms with E-state index in [1.807, 2.05) is 13.0 Å². The summed E-state index contributed by atoms with van der Waals surface area (Å²) in [5.41, 5.74) is 1.68. The molecule has 0 radical (unpaired) electrons. The van der Waals surface area contributed by atoms with Crippen LogP contribution in [0.2, 0.25) is 5.02 Å². The third-order valence-corrected chi connectivity index (χ3v) is 3.26. The molecular weight excluding hydrogens is 318 g/mol. The first-order valence-electron chi connectivity index (χ1n) is 6.82. The minimum absolute atomic E-state index is 0.0973. The molecule has 23 heavy (non-hydrogen) atoms. The van der Waals surface area contributed by atoms with Gasteiger partial charge in [0.15, 0.2) is 0 Å². The van der Waals surface area contributed by atoms with E-state index in [-0.39, 0.29) is 18.4 Å². The molecule has 1 aromatic heterocycles. The van der Waals surface area contributed by atoms with E-state index in [2.05, 4.69) is 15.6 Å². The van der Waals surface area contributed by atoms with Crippen LogP contribution in [0.15, 0.2) is 36.5 Å². The van der Waals surface area contributed by atoms with Gasteiger partial charge in [0.25, 0.3) is 5.91 Å². The Balaban J connectivity index is 2.16. The number of hydrogen-bond acceptors (Lipinski definition) is 4. The standard InChI is InChI=1S/C16H16ClN3O3/c1-10-5-6-18-14(7-10)20-16(22)11-3-4-12(17)13(8-11)19-15(21)9-23-2/h3-8H,9H2,1-2H3,(H,19,21)(H,18,20,22). The Morgan fingerprint density at radius 1 is 1.22 bits per heavy atom. The summed E-state index contributed by atoms with van der Waals surface area (Å²) in [7, 11) is 1.42. The number of methoxy groups -OCH3 is 1. The fraction of sp³-hybridized carbons (Fsp3) is 0.188. The molecular formula is C16H16ClN3O3. The Morgan fingerprint density at radius 2 is 2.00 bits per heavy atom. The lowest BCUT2D eigenvalue weighted by atomic mass is 10.2. The maximum atomic E-state index is 12.3. The minimum Gasteiger partial charge on any atom is -0.375 e. The van der Waals surface area contributed by atoms with Crippen LogP contribution in [0.25, 0.3) is 0 Å². The number of pyridine rings is 1. The molecule has 0 fully saturated rings. The Hall–Kier alpha value is -2.44. The van der Waals surface area contributed by atoms with Crippen molar-refractivity contribution in [1.29, 1.82) is 0 Å². The molecule has 0 spiro atoms. The number of hydrogen-bond donors (Lipinski definition) is 2. The van der Waals surface area contributed by atoms with Crippen LogP contribution >= 0.6 is 11.6 Å². The molecule has 0 bridgehead atoms. The van der Waals surface area contributed by atoms with Crippen molar-refractivity contribution in [1.82, 2.24) is 4.98 Å². The van der Waals surface area contributed by atoms with E-state index in [4.69, 9.17) is 16.3 Å². The SMILES string of the molecule is COCC(=O)Nc1cc(C(=O)Nc2cc(C)ccn2)ccc1Cl. The average molecular weight is 334 g/mol. The van der Waals surface area contributed by atoms with Crippen LogP contribution in [0.3, 0.4) is 0 Å². The Bertz CT molecular complexity index is 734. The molecule has 0 atom stereocenters. The maximum absolute atomic E-state index is 12.3. The molecule has 0 unspecified atom stereocenters. The number of aromatic nitrogens is 1. The topological polar surface area (TPSA) is 80.3 Å². The average Bonchev–Trinajstić information content (AvgIpc) is 2.49. The molecule has 0 aliphatic rings. The van der Waals surface area contributed by atoms with E-state index in [1.54, 1.807) is 24.4 Å². The van der Waals surface area contributed by atoms with Crippen LogP contribution in [0, 0.1) is 6.92 Å². The molecule has 0 saturated heterocycles. The maximum Gasteiger partial charge on any atom is 0.256 e. The second kappa shape index (κ2) is 7.71. The van der Waals surface area contributed by atoms with Gasteiger partial charge in [-0.1, -0.05) is 11.6 Å². The number of amides is 2. The molecule has 2 rings (SSSR count). The number of halogens is 1. The van der Waals surface area contributed by atoms with Gasteiger partial charge in [-0.15, -0.1) is 0 Å². The third kappa shape index (κ3) is 4.77. The number of ether oxygens (including phenoxy) is 1. The van der Waals surface area contributed by atoms with Crippen LogP contribution < -0.4 is 10.6 Å². The van der Waals surface area contributed by atoms with Gasteiger partial charge in [0.2, 0.25) is 5.91 Å². The summed E-state index contributed by atoms with van der Waals surface area (Å²) in [5.74, 6) is -0.246. The van der Waals surface area contributed by atoms with Gasteiger partial charge in [-0.05, 0) is 42.8 Å². The van der Waals surface area contributed by atoms with E-state index in [9.17, 15) is 9.59 Å². The first-order valence-corrected chi connectivity index (χ1v) is 7.19. The molecule has 2 N–H and O–H groups in total. The summed E-state index contributed by atoms with van der Waals surface area (Å²) in [6.45, 7) is 1.81. The molecule has 6 nitrogen and oxygen atoms in total. The number of anilines is 2. The highest BCUT2D eigenvalue weighted by molar-refractivity contribution is 6.34. The minimum atomic E-state index is -0.354. The normalized spacial score (nSPS) is 10.2. The summed E-state index contributed by atoms with van der Waals surface area (Å²) in [6, 6.07) is 8.21. The van der Waals surface area contributed by atoms with Gasteiger partial charge in [-0.3, -0.25) is 9.59 Å². The van der Waals surface area contributed by atoms with Crippen LogP contribution in [-0.4, -0.2) is 30.5 Å². The van der Waals surface area contributed by atoms with E-state index in [0.717, 1.165) is 5.56 Å². The predicted molar refractivity (Wildman–Crippen MR) is 88.9 cm³/mol. The van der Waals surface area contributed by atoms with Crippen molar-refractivity contribution >= 4 is 34.9 Å². The monoisotopic (exact) mass is 333 g/mol. The largest absolute Gasteiger partial charge is 0.375 e. The highest BCUT2D eigenvalue weighted by Gasteiger charge is 2.12. The molecule has 1 heterocycles. The predicted octanol–water partition coefficient (Wildman–Crippen LogP) is 2.88. The molecule has 2 amide bonds. The lowest BCUT2D eigenvalue weighted by Gasteiger charge is -2.10. The quantitative estimate of drug-likeness (QED) is 0.881. The molecule has 0 aliphatic carbocycles. The Morgan fingerprint density at radius 3 is 2.70 bits per heavy atom. The van der Waals surface area contributed by atoms with Crippen LogP contribution in [-0.2, 0) is 9.53 Å². The lowest BCUT2D eigenvalue weighted by molar-refractivity contribution is -0.119. The Kier molecular flexibility index (Phi) is 5.67. The van der Waals surface area contributed by atoms with Crippen LogP contribution in [0.5, 0.6) is 0 Å². The van der Waals surface area contributed by atoms with Gasteiger partial charge in [0, 0.05) is 18.9 Å². The number of benzene rings is 1. The van der Waals surface area contributed by atoms with Gasteiger partial charge < -0.3 is 15.4 Å². The number of carbonyl (C=O) groups excluding carboxylic acids is 2. The second-order valence-corrected chi connectivity index (χ2v) is 5.26. The molecule has 0 saturated carbocycles. The first-order chi connectivity index (χ1) is 11.0. The second-order valence-electron chi connectivity index (χ2n) is 4.85. The van der Waals surface area contributed by atoms with Crippen molar-refractivity contribution < 1.29 is 14.3 Å². The van der Waals surface area contributed by atoms with Crippen molar-refractivity contribution in [2.75, 3.05) is 24.4 Å². The Labute approximate surface area is 138 Å². The summed E-state index contributed by atoms with van der Waals surface area (Å²) in [4.78, 5) is 27.9. The molecule has 1 aromatic carbocycles. The van der Waals surface area contributed by atoms with E-state index < -0.39 is 0 Å². The zero-order chi connectivity index (χ0) is 16.8. The van der Waals surface area contributed by atoms with E-state index in [0.29, 0.717) is 22.1 Å². The van der Waals surface area contributed by atoms with Crippen molar-refractivity contribution in [2.45, 2.75) is 6.92 Å². The van der Waals surface area contributed by atoms with Crippen molar-refractivity contribution in [3.05, 3.63) is 52.7 Å². The van der Waals surface area contributed by atoms with Crippen molar-refractivity contribution in [2.24, 2.45) is 0 Å². The van der Waals surface area contributed by atoms with E-state index in [1.165, 1.54) is 13.2 Å². The van der Waals surface area contributed by atoms with Crippen molar-refractivity contribution in [3.8, 4) is 0 Å². The molecule has 0 aliphatic heterocycles. The van der Waals surface area contributed by atoms with E-state index >= 15 is 0 Å². The van der Waals surface area contributed by atoms with Crippen molar-refractivity contribution in [3.63, 3.8) is 0 Å². The van der Waals surface area contributed by atoms with Gasteiger partial charge in [0.05, 0.1) is 10.7 Å². The zero-order valence-electron chi connectivity index (χ0n) is 12.7. The third-order valence-electron chi connectivity index (χ3n) is 2.94.